The summed E-state index contributed by atoms with van der Waals surface area (Å²) in [5, 5.41) is 9.43. The van der Waals surface area contributed by atoms with E-state index in [9.17, 15) is 9.90 Å². The van der Waals surface area contributed by atoms with Gasteiger partial charge in [-0.15, -0.1) is 0 Å². The number of aromatic hydroxyl groups is 1. The molecule has 0 saturated carbocycles. The second kappa shape index (κ2) is 5.07. The molecule has 1 aromatic heterocycles. The summed E-state index contributed by atoms with van der Waals surface area (Å²) in [6, 6.07) is 1.70. The number of hydrogen-bond donors (Lipinski definition) is 1. The Morgan fingerprint density at radius 2 is 2.21 bits per heavy atom. The molecule has 2 heterocycles. The third-order valence-corrected chi connectivity index (χ3v) is 3.06. The molecule has 19 heavy (non-hydrogen) atoms. The summed E-state index contributed by atoms with van der Waals surface area (Å²) >= 11 is 0. The average molecular weight is 264 g/mol. The van der Waals surface area contributed by atoms with Gasteiger partial charge in [0.25, 0.3) is 0 Å². The molecule has 0 radical (unpaired) electrons. The first-order valence-corrected chi connectivity index (χ1v) is 6.47. The van der Waals surface area contributed by atoms with Gasteiger partial charge in [0.2, 0.25) is 0 Å². The number of hydrogen-bond acceptors (Lipinski definition) is 4. The summed E-state index contributed by atoms with van der Waals surface area (Å²) in [4.78, 5) is 17.6. The standard InChI is InChI=1S/C14H20N2O3/c1-14(2,3)19-13(18)16-5-4-10(9-16)11-6-12(17)8-15-7-11/h6-8,10,17H,4-5,9H2,1-3H3. The number of amides is 1. The van der Waals surface area contributed by atoms with Crippen LogP contribution in [0.3, 0.4) is 0 Å². The van der Waals surface area contributed by atoms with Crippen LogP contribution < -0.4 is 0 Å². The van der Waals surface area contributed by atoms with Gasteiger partial charge in [-0.25, -0.2) is 4.79 Å². The van der Waals surface area contributed by atoms with Crippen LogP contribution in [0.1, 0.15) is 38.7 Å². The highest BCUT2D eigenvalue weighted by Gasteiger charge is 2.30. The van der Waals surface area contributed by atoms with E-state index in [0.717, 1.165) is 12.0 Å². The van der Waals surface area contributed by atoms with Gasteiger partial charge in [0.1, 0.15) is 11.4 Å². The van der Waals surface area contributed by atoms with Crippen molar-refractivity contribution in [1.29, 1.82) is 0 Å². The van der Waals surface area contributed by atoms with Crippen molar-refractivity contribution >= 4 is 6.09 Å². The molecule has 5 heteroatoms. The van der Waals surface area contributed by atoms with Gasteiger partial charge in [-0.2, -0.15) is 0 Å². The quantitative estimate of drug-likeness (QED) is 0.846. The molecule has 0 aliphatic carbocycles. The maximum absolute atomic E-state index is 11.9. The first-order chi connectivity index (χ1) is 8.85. The lowest BCUT2D eigenvalue weighted by atomic mass is 10.0. The molecule has 5 nitrogen and oxygen atoms in total. The fourth-order valence-corrected chi connectivity index (χ4v) is 2.19. The molecule has 1 atom stereocenters. The number of carbonyl (C=O) groups excluding carboxylic acids is 1. The van der Waals surface area contributed by atoms with Crippen LogP contribution in [-0.2, 0) is 4.74 Å². The molecule has 1 fully saturated rings. The molecule has 0 bridgehead atoms. The van der Waals surface area contributed by atoms with Crippen LogP contribution in [0.4, 0.5) is 4.79 Å². The third kappa shape index (κ3) is 3.59. The van der Waals surface area contributed by atoms with Gasteiger partial charge < -0.3 is 14.7 Å². The summed E-state index contributed by atoms with van der Waals surface area (Å²) in [5.41, 5.74) is 0.493. The van der Waals surface area contributed by atoms with Crippen molar-refractivity contribution in [2.24, 2.45) is 0 Å². The SMILES string of the molecule is CC(C)(C)OC(=O)N1CCC(c2cncc(O)c2)C1. The lowest BCUT2D eigenvalue weighted by Crippen LogP contribution is -2.35. The number of pyridine rings is 1. The zero-order valence-corrected chi connectivity index (χ0v) is 11.6. The van der Waals surface area contributed by atoms with Crippen LogP contribution in [0.15, 0.2) is 18.5 Å². The molecule has 1 amide bonds. The Balaban J connectivity index is 1.98. The Bertz CT molecular complexity index is 468. The number of aromatic nitrogens is 1. The normalized spacial score (nSPS) is 19.5. The zero-order valence-electron chi connectivity index (χ0n) is 11.6. The highest BCUT2D eigenvalue weighted by molar-refractivity contribution is 5.68. The Morgan fingerprint density at radius 1 is 1.47 bits per heavy atom. The minimum atomic E-state index is -0.470. The summed E-state index contributed by atoms with van der Waals surface area (Å²) in [5.74, 6) is 0.375. The van der Waals surface area contributed by atoms with E-state index in [1.165, 1.54) is 6.20 Å². The summed E-state index contributed by atoms with van der Waals surface area (Å²) in [6.07, 6.45) is 3.74. The molecule has 1 saturated heterocycles. The van der Waals surface area contributed by atoms with Crippen molar-refractivity contribution in [3.63, 3.8) is 0 Å². The van der Waals surface area contributed by atoms with E-state index < -0.39 is 5.60 Å². The number of nitrogens with zero attached hydrogens (tertiary/aromatic N) is 2. The molecule has 0 aromatic carbocycles. The van der Waals surface area contributed by atoms with E-state index in [4.69, 9.17) is 4.74 Å². The van der Waals surface area contributed by atoms with Gasteiger partial charge >= 0.3 is 6.09 Å². The molecule has 1 aliphatic heterocycles. The van der Waals surface area contributed by atoms with Gasteiger partial charge in [0.15, 0.2) is 0 Å². The van der Waals surface area contributed by atoms with Crippen molar-refractivity contribution in [2.75, 3.05) is 13.1 Å². The minimum Gasteiger partial charge on any atom is -0.506 e. The van der Waals surface area contributed by atoms with E-state index in [2.05, 4.69) is 4.98 Å². The van der Waals surface area contributed by atoms with E-state index in [1.54, 1.807) is 17.2 Å². The molecule has 1 unspecified atom stereocenters. The van der Waals surface area contributed by atoms with Crippen LogP contribution in [0.25, 0.3) is 0 Å². The Morgan fingerprint density at radius 3 is 2.84 bits per heavy atom. The molecule has 104 valence electrons. The fraction of sp³-hybridized carbons (Fsp3) is 0.571. The largest absolute Gasteiger partial charge is 0.506 e. The summed E-state index contributed by atoms with van der Waals surface area (Å²) < 4.78 is 5.35. The van der Waals surface area contributed by atoms with Gasteiger partial charge in [0, 0.05) is 25.2 Å². The average Bonchev–Trinajstić information content (AvgIpc) is 2.75. The van der Waals surface area contributed by atoms with E-state index >= 15 is 0 Å². The van der Waals surface area contributed by atoms with Crippen molar-refractivity contribution < 1.29 is 14.6 Å². The van der Waals surface area contributed by atoms with Gasteiger partial charge in [0.05, 0.1) is 6.20 Å². The van der Waals surface area contributed by atoms with Crippen LogP contribution in [0, 0.1) is 0 Å². The van der Waals surface area contributed by atoms with Crippen LogP contribution in [0.2, 0.25) is 0 Å². The maximum Gasteiger partial charge on any atom is 0.410 e. The van der Waals surface area contributed by atoms with Crippen molar-refractivity contribution in [3.8, 4) is 5.75 Å². The minimum absolute atomic E-state index is 0.160. The van der Waals surface area contributed by atoms with Gasteiger partial charge in [-0.05, 0) is 38.8 Å². The second-order valence-corrected chi connectivity index (χ2v) is 5.89. The third-order valence-electron chi connectivity index (χ3n) is 3.06. The number of carbonyl (C=O) groups is 1. The van der Waals surface area contributed by atoms with Crippen molar-refractivity contribution in [1.82, 2.24) is 9.88 Å². The summed E-state index contributed by atoms with van der Waals surface area (Å²) in [6.45, 7) is 6.86. The lowest BCUT2D eigenvalue weighted by molar-refractivity contribution is 0.0292. The zero-order chi connectivity index (χ0) is 14.0. The smallest absolute Gasteiger partial charge is 0.410 e. The van der Waals surface area contributed by atoms with Gasteiger partial charge in [-0.1, -0.05) is 0 Å². The molecular weight excluding hydrogens is 244 g/mol. The molecule has 2 rings (SSSR count). The molecule has 1 N–H and O–H groups in total. The highest BCUT2D eigenvalue weighted by Crippen LogP contribution is 2.29. The molecule has 1 aliphatic rings. The first kappa shape index (κ1) is 13.6. The fourth-order valence-electron chi connectivity index (χ4n) is 2.19. The highest BCUT2D eigenvalue weighted by atomic mass is 16.6. The van der Waals surface area contributed by atoms with Crippen molar-refractivity contribution in [2.45, 2.75) is 38.7 Å². The number of ether oxygens (including phenoxy) is 1. The topological polar surface area (TPSA) is 62.7 Å². The van der Waals surface area contributed by atoms with E-state index in [1.807, 2.05) is 20.8 Å². The predicted molar refractivity (Wildman–Crippen MR) is 71.1 cm³/mol. The molecule has 1 aromatic rings. The van der Waals surface area contributed by atoms with E-state index in [0.29, 0.717) is 13.1 Å². The number of likely N-dealkylation sites (tertiary alicyclic amines) is 1. The monoisotopic (exact) mass is 264 g/mol. The van der Waals surface area contributed by atoms with Crippen LogP contribution in [-0.4, -0.2) is 39.8 Å². The Hall–Kier alpha value is -1.78. The predicted octanol–water partition coefficient (Wildman–Crippen LogP) is 2.51. The number of rotatable bonds is 1. The van der Waals surface area contributed by atoms with Crippen LogP contribution >= 0.6 is 0 Å². The lowest BCUT2D eigenvalue weighted by Gasteiger charge is -2.24. The summed E-state index contributed by atoms with van der Waals surface area (Å²) in [7, 11) is 0. The van der Waals surface area contributed by atoms with Crippen LogP contribution in [0.5, 0.6) is 5.75 Å². The van der Waals surface area contributed by atoms with Crippen molar-refractivity contribution in [3.05, 3.63) is 24.0 Å². The maximum atomic E-state index is 11.9. The second-order valence-electron chi connectivity index (χ2n) is 5.89. The Labute approximate surface area is 113 Å². The molecular formula is C14H20N2O3. The molecule has 0 spiro atoms. The first-order valence-electron chi connectivity index (χ1n) is 6.47. The van der Waals surface area contributed by atoms with E-state index in [-0.39, 0.29) is 17.8 Å². The van der Waals surface area contributed by atoms with Gasteiger partial charge in [-0.3, -0.25) is 4.98 Å². The Kier molecular flexibility index (Phi) is 3.64.